The summed E-state index contributed by atoms with van der Waals surface area (Å²) in [5, 5.41) is 0. The molecule has 2 amide bonds. The molecule has 4 N–H and O–H groups in total. The minimum Gasteiger partial charge on any atom is -0.381 e. The summed E-state index contributed by atoms with van der Waals surface area (Å²) in [6, 6.07) is 0. The first-order chi connectivity index (χ1) is 9.97. The molecule has 7 heteroatoms. The Morgan fingerprint density at radius 2 is 1.57 bits per heavy atom. The van der Waals surface area contributed by atoms with Crippen molar-refractivity contribution in [3.63, 3.8) is 0 Å². The van der Waals surface area contributed by atoms with Crippen molar-refractivity contribution >= 4 is 17.6 Å². The number of ketones is 1. The number of primary amides is 2. The fourth-order valence-electron chi connectivity index (χ4n) is 1.69. The van der Waals surface area contributed by atoms with Gasteiger partial charge in [0.1, 0.15) is 6.10 Å². The molecule has 0 aliphatic heterocycles. The van der Waals surface area contributed by atoms with Crippen molar-refractivity contribution in [3.05, 3.63) is 0 Å². The van der Waals surface area contributed by atoms with E-state index in [1.54, 1.807) is 0 Å². The monoisotopic (exact) mass is 302 g/mol. The third kappa shape index (κ3) is 12.0. The molecular formula is C14H26N2O5. The van der Waals surface area contributed by atoms with Crippen molar-refractivity contribution in [2.45, 2.75) is 51.6 Å². The predicted octanol–water partition coefficient (Wildman–Crippen LogP) is 0.288. The van der Waals surface area contributed by atoms with Gasteiger partial charge in [0.05, 0.1) is 13.2 Å². The van der Waals surface area contributed by atoms with E-state index < -0.39 is 17.9 Å². The van der Waals surface area contributed by atoms with E-state index in [0.717, 1.165) is 6.42 Å². The second-order valence-electron chi connectivity index (χ2n) is 4.76. The second kappa shape index (κ2) is 12.3. The molecule has 0 aromatic carbocycles. The van der Waals surface area contributed by atoms with Gasteiger partial charge in [0.25, 0.3) is 0 Å². The van der Waals surface area contributed by atoms with E-state index in [4.69, 9.17) is 20.9 Å². The van der Waals surface area contributed by atoms with E-state index in [1.807, 2.05) is 6.92 Å². The van der Waals surface area contributed by atoms with Crippen LogP contribution < -0.4 is 11.5 Å². The summed E-state index contributed by atoms with van der Waals surface area (Å²) in [5.74, 6) is -0.827. The molecule has 1 unspecified atom stereocenters. The van der Waals surface area contributed by atoms with Crippen LogP contribution in [-0.4, -0.2) is 43.5 Å². The summed E-state index contributed by atoms with van der Waals surface area (Å²) < 4.78 is 10.7. The first-order valence-corrected chi connectivity index (χ1v) is 7.26. The molecule has 0 aromatic heterocycles. The lowest BCUT2D eigenvalue weighted by Gasteiger charge is -2.16. The highest BCUT2D eigenvalue weighted by Crippen LogP contribution is 2.09. The van der Waals surface area contributed by atoms with Gasteiger partial charge in [-0.1, -0.05) is 6.92 Å². The zero-order chi connectivity index (χ0) is 16.1. The Hall–Kier alpha value is -1.47. The normalized spacial score (nSPS) is 12.0. The molecule has 0 saturated carbocycles. The number of rotatable bonds is 14. The average molecular weight is 302 g/mol. The molecule has 0 aliphatic rings. The topological polar surface area (TPSA) is 122 Å². The van der Waals surface area contributed by atoms with Gasteiger partial charge in [0.2, 0.25) is 11.8 Å². The van der Waals surface area contributed by atoms with Crippen LogP contribution in [0, 0.1) is 0 Å². The largest absolute Gasteiger partial charge is 0.381 e. The van der Waals surface area contributed by atoms with Gasteiger partial charge >= 0.3 is 0 Å². The van der Waals surface area contributed by atoms with Crippen molar-refractivity contribution in [2.24, 2.45) is 11.5 Å². The van der Waals surface area contributed by atoms with Crippen LogP contribution >= 0.6 is 0 Å². The van der Waals surface area contributed by atoms with Gasteiger partial charge in [0.15, 0.2) is 5.78 Å². The van der Waals surface area contributed by atoms with Crippen LogP contribution in [0.5, 0.6) is 0 Å². The van der Waals surface area contributed by atoms with Gasteiger partial charge < -0.3 is 20.9 Å². The fourth-order valence-corrected chi connectivity index (χ4v) is 1.69. The molecular weight excluding hydrogens is 276 g/mol. The number of carbonyl (C=O) groups is 3. The second-order valence-corrected chi connectivity index (χ2v) is 4.76. The van der Waals surface area contributed by atoms with Crippen LogP contribution in [0.3, 0.4) is 0 Å². The minimum atomic E-state index is -0.524. The van der Waals surface area contributed by atoms with Gasteiger partial charge in [-0.05, 0) is 19.3 Å². The molecule has 0 heterocycles. The Morgan fingerprint density at radius 3 is 2.14 bits per heavy atom. The van der Waals surface area contributed by atoms with Crippen LogP contribution in [0.15, 0.2) is 0 Å². The van der Waals surface area contributed by atoms with E-state index >= 15 is 0 Å². The van der Waals surface area contributed by atoms with E-state index in [9.17, 15) is 14.4 Å². The Labute approximate surface area is 125 Å². The first kappa shape index (κ1) is 19.5. The van der Waals surface area contributed by atoms with Crippen LogP contribution in [-0.2, 0) is 23.9 Å². The van der Waals surface area contributed by atoms with Gasteiger partial charge in [0, 0.05) is 25.9 Å². The smallest absolute Gasteiger partial charge is 0.219 e. The van der Waals surface area contributed by atoms with E-state index in [-0.39, 0.29) is 31.8 Å². The third-order valence-corrected chi connectivity index (χ3v) is 2.77. The molecule has 7 nitrogen and oxygen atoms in total. The maximum Gasteiger partial charge on any atom is 0.219 e. The van der Waals surface area contributed by atoms with Crippen LogP contribution in [0.25, 0.3) is 0 Å². The van der Waals surface area contributed by atoms with E-state index in [2.05, 4.69) is 0 Å². The number of hydrogen-bond donors (Lipinski definition) is 2. The van der Waals surface area contributed by atoms with Crippen molar-refractivity contribution in [2.75, 3.05) is 19.8 Å². The van der Waals surface area contributed by atoms with Gasteiger partial charge in [-0.3, -0.25) is 14.4 Å². The van der Waals surface area contributed by atoms with Crippen LogP contribution in [0.1, 0.15) is 45.4 Å². The number of Topliss-reactive ketones (excluding diaryl/α,β-unsaturated/α-hetero) is 1. The Morgan fingerprint density at radius 1 is 0.952 bits per heavy atom. The standard InChI is InChI=1S/C14H26N2O5/c1-2-4-11(17)12(21-10-7-14(16)19)5-3-8-20-9-6-13(15)18/h12H,2-10H2,1H3,(H2,15,18)(H2,16,19). The maximum atomic E-state index is 11.9. The van der Waals surface area contributed by atoms with Gasteiger partial charge in [-0.2, -0.15) is 0 Å². The molecule has 1 atom stereocenters. The molecule has 0 aliphatic carbocycles. The SMILES string of the molecule is CCCC(=O)C(CCCOCCC(N)=O)OCCC(N)=O. The Kier molecular flexibility index (Phi) is 11.4. The highest BCUT2D eigenvalue weighted by Gasteiger charge is 2.18. The lowest BCUT2D eigenvalue weighted by Crippen LogP contribution is -2.26. The number of amides is 2. The number of carbonyl (C=O) groups excluding carboxylic acids is 3. The average Bonchev–Trinajstić information content (AvgIpc) is 2.40. The maximum absolute atomic E-state index is 11.9. The van der Waals surface area contributed by atoms with E-state index in [0.29, 0.717) is 25.9 Å². The number of nitrogens with two attached hydrogens (primary N) is 2. The van der Waals surface area contributed by atoms with Crippen LogP contribution in [0.4, 0.5) is 0 Å². The lowest BCUT2D eigenvalue weighted by atomic mass is 10.1. The van der Waals surface area contributed by atoms with Crippen LogP contribution in [0.2, 0.25) is 0 Å². The molecule has 122 valence electrons. The predicted molar refractivity (Wildman–Crippen MR) is 77.3 cm³/mol. The zero-order valence-corrected chi connectivity index (χ0v) is 12.6. The molecule has 0 rings (SSSR count). The first-order valence-electron chi connectivity index (χ1n) is 7.26. The highest BCUT2D eigenvalue weighted by molar-refractivity contribution is 5.83. The minimum absolute atomic E-state index is 0.0270. The number of ether oxygens (including phenoxy) is 2. The van der Waals surface area contributed by atoms with Gasteiger partial charge in [-0.25, -0.2) is 0 Å². The lowest BCUT2D eigenvalue weighted by molar-refractivity contribution is -0.133. The molecule has 21 heavy (non-hydrogen) atoms. The summed E-state index contributed by atoms with van der Waals surface area (Å²) in [6.45, 7) is 2.79. The Bertz CT molecular complexity index is 333. The highest BCUT2D eigenvalue weighted by atomic mass is 16.5. The zero-order valence-electron chi connectivity index (χ0n) is 12.6. The summed E-state index contributed by atoms with van der Waals surface area (Å²) in [4.78, 5) is 33.1. The van der Waals surface area contributed by atoms with Crippen molar-refractivity contribution in [3.8, 4) is 0 Å². The molecule has 0 fully saturated rings. The van der Waals surface area contributed by atoms with Crippen molar-refractivity contribution in [1.82, 2.24) is 0 Å². The summed E-state index contributed by atoms with van der Waals surface area (Å²) in [6.07, 6.45) is 2.12. The van der Waals surface area contributed by atoms with Crippen molar-refractivity contribution < 1.29 is 23.9 Å². The fraction of sp³-hybridized carbons (Fsp3) is 0.786. The van der Waals surface area contributed by atoms with E-state index in [1.165, 1.54) is 0 Å². The molecule has 0 saturated heterocycles. The molecule has 0 aromatic rings. The summed E-state index contributed by atoms with van der Waals surface area (Å²) in [5.41, 5.74) is 10.0. The quantitative estimate of drug-likeness (QED) is 0.446. The molecule has 0 radical (unpaired) electrons. The van der Waals surface area contributed by atoms with Gasteiger partial charge in [-0.15, -0.1) is 0 Å². The Balaban J connectivity index is 3.95. The molecule has 0 bridgehead atoms. The summed E-state index contributed by atoms with van der Waals surface area (Å²) in [7, 11) is 0. The van der Waals surface area contributed by atoms with Crippen molar-refractivity contribution in [1.29, 1.82) is 0 Å². The molecule has 0 spiro atoms. The number of hydrogen-bond acceptors (Lipinski definition) is 5. The third-order valence-electron chi connectivity index (χ3n) is 2.77. The summed E-state index contributed by atoms with van der Waals surface area (Å²) >= 11 is 0.